The van der Waals surface area contributed by atoms with Gasteiger partial charge in [-0.15, -0.1) is 0 Å². The smallest absolute Gasteiger partial charge is 0.254 e. The highest BCUT2D eigenvalue weighted by Crippen LogP contribution is 2.31. The van der Waals surface area contributed by atoms with Gasteiger partial charge in [0.2, 0.25) is 11.8 Å². The van der Waals surface area contributed by atoms with Gasteiger partial charge < -0.3 is 25.7 Å². The van der Waals surface area contributed by atoms with Crippen LogP contribution in [-0.4, -0.2) is 42.4 Å². The van der Waals surface area contributed by atoms with Crippen LogP contribution in [0.25, 0.3) is 10.9 Å². The summed E-state index contributed by atoms with van der Waals surface area (Å²) in [5.41, 5.74) is 4.02. The maximum atomic E-state index is 12.9. The van der Waals surface area contributed by atoms with Crippen LogP contribution in [0, 0.1) is 0 Å². The molecule has 8 heteroatoms. The van der Waals surface area contributed by atoms with Gasteiger partial charge in [-0.25, -0.2) is 0 Å². The van der Waals surface area contributed by atoms with E-state index in [4.69, 9.17) is 4.74 Å². The standard InChI is InChI=1S/C29H28N4O4/c1-37-19-12-10-18(11-13-19)22(23-17-30-24-8-4-2-6-20(23)24)16-31-27(34)15-14-26-29(36)32-25-9-5-3-7-21(25)28(35)33-26/h2-13,17,22,26,30H,14-16H2,1H3,(H,31,34)(H,32,36)(H,33,35)/t22-,26-/m0/s1. The Kier molecular flexibility index (Phi) is 6.89. The van der Waals surface area contributed by atoms with Crippen molar-refractivity contribution in [2.75, 3.05) is 19.0 Å². The maximum absolute atomic E-state index is 12.9. The molecule has 1 aromatic heterocycles. The van der Waals surface area contributed by atoms with E-state index in [0.29, 0.717) is 17.8 Å². The zero-order valence-corrected chi connectivity index (χ0v) is 20.4. The van der Waals surface area contributed by atoms with Crippen molar-refractivity contribution in [2.24, 2.45) is 0 Å². The lowest BCUT2D eigenvalue weighted by Gasteiger charge is -2.19. The fourth-order valence-corrected chi connectivity index (χ4v) is 4.72. The molecule has 0 saturated heterocycles. The number of aromatic amines is 1. The van der Waals surface area contributed by atoms with E-state index in [9.17, 15) is 14.4 Å². The molecule has 3 aromatic carbocycles. The monoisotopic (exact) mass is 496 g/mol. The van der Waals surface area contributed by atoms with E-state index >= 15 is 0 Å². The minimum absolute atomic E-state index is 0.0952. The first-order valence-electron chi connectivity index (χ1n) is 12.2. The number of fused-ring (bicyclic) bond motifs is 2. The molecule has 0 unspecified atom stereocenters. The van der Waals surface area contributed by atoms with Crippen molar-refractivity contribution in [3.8, 4) is 5.75 Å². The molecule has 4 N–H and O–H groups in total. The van der Waals surface area contributed by atoms with E-state index in [-0.39, 0.29) is 36.5 Å². The van der Waals surface area contributed by atoms with Gasteiger partial charge in [-0.1, -0.05) is 42.5 Å². The molecule has 0 bridgehead atoms. The van der Waals surface area contributed by atoms with Gasteiger partial charge >= 0.3 is 0 Å². The van der Waals surface area contributed by atoms with Gasteiger partial charge in [-0.3, -0.25) is 14.4 Å². The number of ether oxygens (including phenoxy) is 1. The van der Waals surface area contributed by atoms with Gasteiger partial charge in [0.25, 0.3) is 5.91 Å². The number of methoxy groups -OCH3 is 1. The summed E-state index contributed by atoms with van der Waals surface area (Å²) >= 11 is 0. The quantitative estimate of drug-likeness (QED) is 0.296. The first kappa shape index (κ1) is 24.1. The summed E-state index contributed by atoms with van der Waals surface area (Å²) in [4.78, 5) is 41.4. The third kappa shape index (κ3) is 5.18. The van der Waals surface area contributed by atoms with Crippen molar-refractivity contribution in [1.82, 2.24) is 15.6 Å². The average Bonchev–Trinajstić information content (AvgIpc) is 3.30. The Bertz CT molecular complexity index is 1440. The number of carbonyl (C=O) groups excluding carboxylic acids is 3. The van der Waals surface area contributed by atoms with Crippen LogP contribution in [0.3, 0.4) is 0 Å². The number of H-pyrrole nitrogens is 1. The van der Waals surface area contributed by atoms with Crippen LogP contribution in [-0.2, 0) is 9.59 Å². The van der Waals surface area contributed by atoms with Gasteiger partial charge in [0.1, 0.15) is 11.8 Å². The van der Waals surface area contributed by atoms with Gasteiger partial charge in [-0.05, 0) is 47.9 Å². The van der Waals surface area contributed by atoms with Crippen molar-refractivity contribution in [2.45, 2.75) is 24.8 Å². The molecule has 1 aliphatic rings. The Balaban J connectivity index is 1.27. The summed E-state index contributed by atoms with van der Waals surface area (Å²) in [5.74, 6) is -0.195. The summed E-state index contributed by atoms with van der Waals surface area (Å²) in [7, 11) is 1.63. The highest BCUT2D eigenvalue weighted by Gasteiger charge is 2.28. The average molecular weight is 497 g/mol. The van der Waals surface area contributed by atoms with Crippen LogP contribution < -0.4 is 20.7 Å². The second-order valence-corrected chi connectivity index (χ2v) is 9.02. The zero-order chi connectivity index (χ0) is 25.8. The Labute approximate surface area is 214 Å². The lowest BCUT2D eigenvalue weighted by atomic mass is 9.90. The topological polar surface area (TPSA) is 112 Å². The minimum Gasteiger partial charge on any atom is -0.497 e. The van der Waals surface area contributed by atoms with Gasteiger partial charge in [0, 0.05) is 36.0 Å². The molecule has 2 atom stereocenters. The largest absolute Gasteiger partial charge is 0.497 e. The van der Waals surface area contributed by atoms with Crippen molar-refractivity contribution in [1.29, 1.82) is 0 Å². The minimum atomic E-state index is -0.795. The molecule has 0 aliphatic carbocycles. The number of amides is 3. The van der Waals surface area contributed by atoms with Crippen LogP contribution >= 0.6 is 0 Å². The van der Waals surface area contributed by atoms with Crippen molar-refractivity contribution in [3.63, 3.8) is 0 Å². The first-order chi connectivity index (χ1) is 18.0. The highest BCUT2D eigenvalue weighted by molar-refractivity contribution is 6.09. The lowest BCUT2D eigenvalue weighted by molar-refractivity contribution is -0.121. The van der Waals surface area contributed by atoms with E-state index in [1.54, 1.807) is 31.4 Å². The fourth-order valence-electron chi connectivity index (χ4n) is 4.72. The zero-order valence-electron chi connectivity index (χ0n) is 20.4. The van der Waals surface area contributed by atoms with E-state index in [1.165, 1.54) is 0 Å². The number of nitrogens with one attached hydrogen (secondary N) is 4. The van der Waals surface area contributed by atoms with Crippen molar-refractivity contribution in [3.05, 3.63) is 95.7 Å². The Morgan fingerprint density at radius 1 is 1.00 bits per heavy atom. The van der Waals surface area contributed by atoms with E-state index in [1.807, 2.05) is 48.7 Å². The van der Waals surface area contributed by atoms with Crippen molar-refractivity contribution >= 4 is 34.3 Å². The number of para-hydroxylation sites is 2. The molecule has 37 heavy (non-hydrogen) atoms. The van der Waals surface area contributed by atoms with Gasteiger partial charge in [0.15, 0.2) is 0 Å². The molecule has 8 nitrogen and oxygen atoms in total. The molecule has 2 heterocycles. The highest BCUT2D eigenvalue weighted by atomic mass is 16.5. The van der Waals surface area contributed by atoms with Crippen molar-refractivity contribution < 1.29 is 19.1 Å². The number of hydrogen-bond donors (Lipinski definition) is 4. The number of benzene rings is 3. The van der Waals surface area contributed by atoms with Gasteiger partial charge in [0.05, 0.1) is 18.4 Å². The number of hydrogen-bond acceptors (Lipinski definition) is 4. The molecule has 5 rings (SSSR count). The third-order valence-corrected chi connectivity index (χ3v) is 6.73. The number of aromatic nitrogens is 1. The van der Waals surface area contributed by atoms with Crippen LogP contribution in [0.4, 0.5) is 5.69 Å². The summed E-state index contributed by atoms with van der Waals surface area (Å²) in [6.45, 7) is 0.377. The number of rotatable bonds is 8. The van der Waals surface area contributed by atoms with E-state index in [0.717, 1.165) is 27.8 Å². The molecule has 0 spiro atoms. The molecule has 0 saturated carbocycles. The lowest BCUT2D eigenvalue weighted by Crippen LogP contribution is -2.42. The van der Waals surface area contributed by atoms with Gasteiger partial charge in [-0.2, -0.15) is 0 Å². The molecular formula is C29H28N4O4. The maximum Gasteiger partial charge on any atom is 0.254 e. The second-order valence-electron chi connectivity index (χ2n) is 9.02. The first-order valence-corrected chi connectivity index (χ1v) is 12.2. The summed E-state index contributed by atoms with van der Waals surface area (Å²) in [5, 5.41) is 9.64. The molecule has 1 aliphatic heterocycles. The molecule has 3 amide bonds. The second kappa shape index (κ2) is 10.6. The summed E-state index contributed by atoms with van der Waals surface area (Å²) in [6.07, 6.45) is 2.27. The number of carbonyl (C=O) groups is 3. The Morgan fingerprint density at radius 3 is 2.57 bits per heavy atom. The molecular weight excluding hydrogens is 468 g/mol. The SMILES string of the molecule is COc1ccc([C@H](CNC(=O)CC[C@@H]2NC(=O)c3ccccc3NC2=O)c2c[nH]c3ccccc23)cc1. The van der Waals surface area contributed by atoms with Crippen LogP contribution in [0.1, 0.15) is 40.2 Å². The molecule has 0 radical (unpaired) electrons. The summed E-state index contributed by atoms with van der Waals surface area (Å²) in [6, 6.07) is 21.9. The van der Waals surface area contributed by atoms with Crippen LogP contribution in [0.5, 0.6) is 5.75 Å². The third-order valence-electron chi connectivity index (χ3n) is 6.73. The summed E-state index contributed by atoms with van der Waals surface area (Å²) < 4.78 is 5.30. The Morgan fingerprint density at radius 2 is 1.76 bits per heavy atom. The normalized spacial score (nSPS) is 15.8. The predicted octanol–water partition coefficient (Wildman–Crippen LogP) is 3.96. The molecule has 188 valence electrons. The fraction of sp³-hybridized carbons (Fsp3) is 0.207. The molecule has 0 fully saturated rings. The molecule has 4 aromatic rings. The van der Waals surface area contributed by atoms with Crippen LogP contribution in [0.15, 0.2) is 79.0 Å². The van der Waals surface area contributed by atoms with E-state index < -0.39 is 6.04 Å². The van der Waals surface area contributed by atoms with Crippen LogP contribution in [0.2, 0.25) is 0 Å². The Hall–Kier alpha value is -4.59. The number of anilines is 1. The van der Waals surface area contributed by atoms with E-state index in [2.05, 4.69) is 27.0 Å². The predicted molar refractivity (Wildman–Crippen MR) is 142 cm³/mol.